The predicted molar refractivity (Wildman–Crippen MR) is 333 cm³/mol. The van der Waals surface area contributed by atoms with Crippen LogP contribution < -0.4 is 10.4 Å². The van der Waals surface area contributed by atoms with Crippen molar-refractivity contribution in [1.29, 1.82) is 0 Å². The number of benzene rings is 13. The molecule has 0 aliphatic carbocycles. The molecule has 13 aromatic rings. The maximum absolute atomic E-state index is 2.58. The molecule has 0 fully saturated rings. The second-order valence-electron chi connectivity index (χ2n) is 23.3. The molecular formula is C72H62Si2. The fourth-order valence-electron chi connectivity index (χ4n) is 13.3. The van der Waals surface area contributed by atoms with E-state index in [-0.39, 0.29) is 0 Å². The van der Waals surface area contributed by atoms with Gasteiger partial charge in [-0.1, -0.05) is 232 Å². The van der Waals surface area contributed by atoms with Gasteiger partial charge in [0.1, 0.15) is 0 Å². The maximum atomic E-state index is 2.58. The van der Waals surface area contributed by atoms with Crippen LogP contribution in [-0.2, 0) is 0 Å². The molecule has 13 rings (SSSR count). The first kappa shape index (κ1) is 46.2. The summed E-state index contributed by atoms with van der Waals surface area (Å²) in [5.41, 5.74) is 15.6. The van der Waals surface area contributed by atoms with Crippen LogP contribution in [0, 0.1) is 27.7 Å². The molecule has 358 valence electrons. The highest BCUT2D eigenvalue weighted by Crippen LogP contribution is 2.52. The minimum Gasteiger partial charge on any atom is -0.0656 e. The Morgan fingerprint density at radius 3 is 0.743 bits per heavy atom. The first-order valence-corrected chi connectivity index (χ1v) is 33.6. The van der Waals surface area contributed by atoms with Gasteiger partial charge in [-0.15, -0.1) is 0 Å². The van der Waals surface area contributed by atoms with E-state index in [2.05, 4.69) is 261 Å². The van der Waals surface area contributed by atoms with Gasteiger partial charge < -0.3 is 0 Å². The second-order valence-corrected chi connectivity index (χ2v) is 33.4. The quantitative estimate of drug-likeness (QED) is 0.115. The highest BCUT2D eigenvalue weighted by atomic mass is 28.3. The average Bonchev–Trinajstić information content (AvgIpc) is 3.40. The molecular weight excluding hydrogens is 921 g/mol. The third-order valence-electron chi connectivity index (χ3n) is 16.7. The van der Waals surface area contributed by atoms with Crippen molar-refractivity contribution < 1.29 is 0 Å². The van der Waals surface area contributed by atoms with Gasteiger partial charge in [0.25, 0.3) is 0 Å². The van der Waals surface area contributed by atoms with Crippen LogP contribution in [0.2, 0.25) is 39.3 Å². The molecule has 0 aromatic heterocycles. The monoisotopic (exact) mass is 982 g/mol. The van der Waals surface area contributed by atoms with E-state index >= 15 is 0 Å². The number of hydrogen-bond acceptors (Lipinski definition) is 0. The van der Waals surface area contributed by atoms with Crippen molar-refractivity contribution in [3.8, 4) is 44.5 Å². The summed E-state index contributed by atoms with van der Waals surface area (Å²) in [7, 11) is -3.53. The minimum atomic E-state index is -1.77. The molecule has 13 aromatic carbocycles. The van der Waals surface area contributed by atoms with Crippen LogP contribution in [-0.4, -0.2) is 16.1 Å². The summed E-state index contributed by atoms with van der Waals surface area (Å²) in [6, 6.07) is 75.0. The van der Waals surface area contributed by atoms with Gasteiger partial charge in [-0.05, 0) is 193 Å². The normalized spacial score (nSPS) is 12.5. The molecule has 0 heterocycles. The van der Waals surface area contributed by atoms with Crippen LogP contribution in [0.4, 0.5) is 0 Å². The number of fused-ring (bicyclic) bond motifs is 8. The van der Waals surface area contributed by atoms with E-state index in [1.807, 2.05) is 0 Å². The van der Waals surface area contributed by atoms with Gasteiger partial charge in [0.2, 0.25) is 0 Å². The molecule has 0 atom stereocenters. The Labute approximate surface area is 438 Å². The SMILES string of the molecule is Cc1cc([Si](C)(C)C)c2ccccc2c1-c1c2ccc(-c3c4ccccc4c(C)c4ccccc34)cc2c(-c2c(C)cc([Si](C)(C)C)c3ccccc23)c2ccc(-c3c4ccccc4c(C)c4ccccc34)cc12. The van der Waals surface area contributed by atoms with Crippen molar-refractivity contribution >= 4 is 113 Å². The highest BCUT2D eigenvalue weighted by Gasteiger charge is 2.29. The van der Waals surface area contributed by atoms with Crippen LogP contribution in [0.25, 0.3) is 131 Å². The highest BCUT2D eigenvalue weighted by molar-refractivity contribution is 6.91. The van der Waals surface area contributed by atoms with Crippen LogP contribution in [0.3, 0.4) is 0 Å². The van der Waals surface area contributed by atoms with Crippen LogP contribution >= 0.6 is 0 Å². The average molecular weight is 983 g/mol. The lowest BCUT2D eigenvalue weighted by atomic mass is 9.79. The molecule has 0 nitrogen and oxygen atoms in total. The summed E-state index contributed by atoms with van der Waals surface area (Å²) in [5, 5.41) is 23.9. The Hall–Kier alpha value is -7.63. The summed E-state index contributed by atoms with van der Waals surface area (Å²) in [4.78, 5) is 0. The van der Waals surface area contributed by atoms with Gasteiger partial charge in [-0.3, -0.25) is 0 Å². The van der Waals surface area contributed by atoms with E-state index < -0.39 is 16.1 Å². The van der Waals surface area contributed by atoms with Gasteiger partial charge in [-0.25, -0.2) is 0 Å². The molecule has 74 heavy (non-hydrogen) atoms. The summed E-state index contributed by atoms with van der Waals surface area (Å²) in [6.45, 7) is 24.3. The van der Waals surface area contributed by atoms with E-state index in [9.17, 15) is 0 Å². The van der Waals surface area contributed by atoms with Gasteiger partial charge in [0.05, 0.1) is 16.1 Å². The molecule has 0 radical (unpaired) electrons. The predicted octanol–water partition coefficient (Wildman–Crippen LogP) is 19.9. The van der Waals surface area contributed by atoms with Gasteiger partial charge >= 0.3 is 0 Å². The summed E-state index contributed by atoms with van der Waals surface area (Å²) in [6.07, 6.45) is 0. The number of rotatable bonds is 6. The van der Waals surface area contributed by atoms with Crippen molar-refractivity contribution in [1.82, 2.24) is 0 Å². The lowest BCUT2D eigenvalue weighted by Crippen LogP contribution is -2.38. The molecule has 0 saturated heterocycles. The smallest absolute Gasteiger partial charge is 0.0656 e. The standard InChI is InChI=1S/C72H62Si2/c1-43-39-65(73(5,6)7)53-27-15-21-33-59(53)67(43)71-61-37-35-48(70-57-31-19-13-25-51(57)46(4)52-26-14-20-32-58(52)70)42-64(61)72(68-44(2)40-66(74(8,9)10)54-28-16-22-34-60(54)68)62-38-36-47(41-63(62)71)69-55-29-17-11-23-49(55)45(3)50-24-12-18-30-56(50)69/h11-42H,1-10H3. The zero-order valence-electron chi connectivity index (χ0n) is 44.5. The molecule has 0 bridgehead atoms. The van der Waals surface area contributed by atoms with E-state index in [0.717, 1.165) is 0 Å². The van der Waals surface area contributed by atoms with Gasteiger partial charge in [-0.2, -0.15) is 0 Å². The van der Waals surface area contributed by atoms with E-state index in [1.54, 1.807) is 0 Å². The Morgan fingerprint density at radius 1 is 0.216 bits per heavy atom. The first-order valence-electron chi connectivity index (χ1n) is 26.6. The van der Waals surface area contributed by atoms with Gasteiger partial charge in [0.15, 0.2) is 0 Å². The molecule has 0 N–H and O–H groups in total. The third kappa shape index (κ3) is 6.99. The van der Waals surface area contributed by atoms with Gasteiger partial charge in [0, 0.05) is 0 Å². The van der Waals surface area contributed by atoms with E-state index in [0.29, 0.717) is 0 Å². The number of aryl methyl sites for hydroxylation is 4. The fourth-order valence-corrected chi connectivity index (χ4v) is 16.7. The lowest BCUT2D eigenvalue weighted by molar-refractivity contribution is 1.50. The van der Waals surface area contributed by atoms with Crippen LogP contribution in [0.5, 0.6) is 0 Å². The Kier molecular flexibility index (Phi) is 10.6. The largest absolute Gasteiger partial charge is 0.0784 e. The van der Waals surface area contributed by atoms with Crippen molar-refractivity contribution in [2.24, 2.45) is 0 Å². The van der Waals surface area contributed by atoms with Crippen LogP contribution in [0.1, 0.15) is 22.3 Å². The first-order chi connectivity index (χ1) is 35.7. The van der Waals surface area contributed by atoms with Crippen LogP contribution in [0.15, 0.2) is 194 Å². The Morgan fingerprint density at radius 2 is 0.459 bits per heavy atom. The zero-order chi connectivity index (χ0) is 50.9. The third-order valence-corrected chi connectivity index (χ3v) is 20.8. The Bertz CT molecular complexity index is 4130. The fraction of sp³-hybridized carbons (Fsp3) is 0.139. The van der Waals surface area contributed by atoms with Crippen molar-refractivity contribution in [3.63, 3.8) is 0 Å². The zero-order valence-corrected chi connectivity index (χ0v) is 46.5. The van der Waals surface area contributed by atoms with E-state index in [1.165, 1.54) is 163 Å². The topological polar surface area (TPSA) is 0 Å². The Balaban J connectivity index is 1.28. The molecule has 0 aliphatic heterocycles. The molecule has 0 aliphatic rings. The van der Waals surface area contributed by atoms with Crippen molar-refractivity contribution in [2.75, 3.05) is 0 Å². The minimum absolute atomic E-state index is 1.24. The lowest BCUT2D eigenvalue weighted by Gasteiger charge is -2.27. The molecule has 0 amide bonds. The van der Waals surface area contributed by atoms with E-state index in [4.69, 9.17) is 0 Å². The molecule has 0 unspecified atom stereocenters. The van der Waals surface area contributed by atoms with Crippen molar-refractivity contribution in [3.05, 3.63) is 216 Å². The summed E-state index contributed by atoms with van der Waals surface area (Å²) < 4.78 is 0. The molecule has 0 spiro atoms. The number of hydrogen-bond donors (Lipinski definition) is 0. The van der Waals surface area contributed by atoms with Crippen molar-refractivity contribution in [2.45, 2.75) is 67.0 Å². The summed E-state index contributed by atoms with van der Waals surface area (Å²) >= 11 is 0. The summed E-state index contributed by atoms with van der Waals surface area (Å²) in [5.74, 6) is 0. The second kappa shape index (κ2) is 17.0. The maximum Gasteiger partial charge on any atom is 0.0784 e. The molecule has 0 saturated carbocycles. The molecule has 2 heteroatoms.